The van der Waals surface area contributed by atoms with Crippen molar-refractivity contribution in [2.24, 2.45) is 0 Å². The average molecular weight is 154 g/mol. The SMILES string of the molecule is O=C(O)c1cccc(O)c1.[H-].[H-].[Li+].[Li+]. The Bertz CT molecular complexity index is 271. The Balaban J connectivity index is -0.000000125. The van der Waals surface area contributed by atoms with Crippen molar-refractivity contribution in [1.29, 1.82) is 0 Å². The summed E-state index contributed by atoms with van der Waals surface area (Å²) in [5, 5.41) is 17.2. The number of carbonyl (C=O) groups is 1. The van der Waals surface area contributed by atoms with Crippen molar-refractivity contribution in [3.63, 3.8) is 0 Å². The van der Waals surface area contributed by atoms with Gasteiger partial charge in [0.05, 0.1) is 5.56 Å². The minimum Gasteiger partial charge on any atom is -1.00 e. The molecule has 0 amide bonds. The standard InChI is InChI=1S/C7H6O3.2Li.2H/c8-6-3-1-2-5(4-6)7(9)10;;;;/h1-4,8H,(H,9,10);;;;/q;2*+1;2*-1. The molecule has 1 rings (SSSR count). The summed E-state index contributed by atoms with van der Waals surface area (Å²) in [5.74, 6) is -1.06. The van der Waals surface area contributed by atoms with Gasteiger partial charge in [0.25, 0.3) is 0 Å². The Kier molecular flexibility index (Phi) is 7.38. The summed E-state index contributed by atoms with van der Waals surface area (Å²) in [7, 11) is 0. The molecule has 12 heavy (non-hydrogen) atoms. The summed E-state index contributed by atoms with van der Waals surface area (Å²) in [5.41, 5.74) is 0.0972. The van der Waals surface area contributed by atoms with Gasteiger partial charge in [0.15, 0.2) is 0 Å². The fourth-order valence-corrected chi connectivity index (χ4v) is 0.639. The largest absolute Gasteiger partial charge is 1.00 e. The second kappa shape index (κ2) is 6.23. The van der Waals surface area contributed by atoms with Crippen LogP contribution in [0.2, 0.25) is 0 Å². The van der Waals surface area contributed by atoms with Crippen molar-refractivity contribution >= 4 is 5.97 Å². The summed E-state index contributed by atoms with van der Waals surface area (Å²) in [6.07, 6.45) is 0. The van der Waals surface area contributed by atoms with E-state index in [1.807, 2.05) is 0 Å². The molecule has 0 aromatic heterocycles. The predicted octanol–water partition coefficient (Wildman–Crippen LogP) is -4.68. The number of hydrogen-bond donors (Lipinski definition) is 2. The predicted molar refractivity (Wildman–Crippen MR) is 37.3 cm³/mol. The summed E-state index contributed by atoms with van der Waals surface area (Å²) in [4.78, 5) is 10.2. The van der Waals surface area contributed by atoms with Crippen LogP contribution in [0.1, 0.15) is 13.2 Å². The van der Waals surface area contributed by atoms with Crippen LogP contribution in [0.15, 0.2) is 24.3 Å². The molecule has 0 unspecified atom stereocenters. The molecule has 3 nitrogen and oxygen atoms in total. The molecule has 0 saturated carbocycles. The van der Waals surface area contributed by atoms with Crippen LogP contribution in [0.3, 0.4) is 0 Å². The molecular weight excluding hydrogens is 146 g/mol. The van der Waals surface area contributed by atoms with Gasteiger partial charge in [-0.15, -0.1) is 0 Å². The van der Waals surface area contributed by atoms with E-state index in [1.54, 1.807) is 0 Å². The number of hydrogen-bond acceptors (Lipinski definition) is 2. The van der Waals surface area contributed by atoms with Crippen molar-refractivity contribution in [2.75, 3.05) is 0 Å². The fraction of sp³-hybridized carbons (Fsp3) is 0. The summed E-state index contributed by atoms with van der Waals surface area (Å²) in [6.45, 7) is 0. The van der Waals surface area contributed by atoms with E-state index in [9.17, 15) is 4.79 Å². The summed E-state index contributed by atoms with van der Waals surface area (Å²) >= 11 is 0. The van der Waals surface area contributed by atoms with Gasteiger partial charge in [-0.1, -0.05) is 6.07 Å². The van der Waals surface area contributed by atoms with Crippen LogP contribution in [0, 0.1) is 0 Å². The Hall–Kier alpha value is -0.315. The van der Waals surface area contributed by atoms with Crippen molar-refractivity contribution in [3.05, 3.63) is 29.8 Å². The van der Waals surface area contributed by atoms with Crippen LogP contribution in [0.25, 0.3) is 0 Å². The number of phenolic OH excluding ortho intramolecular Hbond substituents is 1. The number of rotatable bonds is 1. The van der Waals surface area contributed by atoms with Crippen LogP contribution >= 0.6 is 0 Å². The third kappa shape index (κ3) is 3.90. The molecule has 0 aliphatic carbocycles. The van der Waals surface area contributed by atoms with Gasteiger partial charge in [0.2, 0.25) is 0 Å². The maximum atomic E-state index is 10.2. The molecule has 0 saturated heterocycles. The zero-order valence-electron chi connectivity index (χ0n) is 9.11. The molecule has 5 heteroatoms. The summed E-state index contributed by atoms with van der Waals surface area (Å²) < 4.78 is 0. The van der Waals surface area contributed by atoms with Crippen molar-refractivity contribution in [1.82, 2.24) is 0 Å². The Labute approximate surface area is 97.1 Å². The maximum absolute atomic E-state index is 10.2. The number of aromatic carboxylic acids is 1. The Morgan fingerprint density at radius 1 is 1.33 bits per heavy atom. The van der Waals surface area contributed by atoms with Crippen LogP contribution in [0.5, 0.6) is 5.75 Å². The van der Waals surface area contributed by atoms with Crippen molar-refractivity contribution < 1.29 is 55.6 Å². The van der Waals surface area contributed by atoms with Crippen LogP contribution in [0.4, 0.5) is 0 Å². The normalized spacial score (nSPS) is 7.67. The number of carboxylic acid groups (broad SMARTS) is 1. The molecule has 0 fully saturated rings. The first kappa shape index (κ1) is 14.2. The number of aromatic hydroxyl groups is 1. The number of phenols is 1. The topological polar surface area (TPSA) is 57.5 Å². The van der Waals surface area contributed by atoms with E-state index >= 15 is 0 Å². The van der Waals surface area contributed by atoms with Gasteiger partial charge in [0, 0.05) is 0 Å². The molecule has 0 aliphatic heterocycles. The minimum absolute atomic E-state index is 0. The van der Waals surface area contributed by atoms with Crippen molar-refractivity contribution in [2.45, 2.75) is 0 Å². The smallest absolute Gasteiger partial charge is 1.00 e. The van der Waals surface area contributed by atoms with Crippen LogP contribution < -0.4 is 37.7 Å². The molecule has 0 spiro atoms. The monoisotopic (exact) mass is 154 g/mol. The molecule has 56 valence electrons. The fourth-order valence-electron chi connectivity index (χ4n) is 0.639. The van der Waals surface area contributed by atoms with E-state index in [1.165, 1.54) is 24.3 Å². The van der Waals surface area contributed by atoms with E-state index in [0.717, 1.165) is 0 Å². The summed E-state index contributed by atoms with van der Waals surface area (Å²) in [6, 6.07) is 5.52. The molecular formula is C7H8Li2O3. The van der Waals surface area contributed by atoms with Gasteiger partial charge in [-0.25, -0.2) is 4.79 Å². The molecule has 0 atom stereocenters. The average Bonchev–Trinajstić information content (AvgIpc) is 1.88. The van der Waals surface area contributed by atoms with E-state index in [-0.39, 0.29) is 51.9 Å². The van der Waals surface area contributed by atoms with Gasteiger partial charge >= 0.3 is 43.7 Å². The Morgan fingerprint density at radius 2 is 1.92 bits per heavy atom. The van der Waals surface area contributed by atoms with E-state index in [4.69, 9.17) is 10.2 Å². The molecule has 2 N–H and O–H groups in total. The van der Waals surface area contributed by atoms with Crippen LogP contribution in [-0.2, 0) is 0 Å². The van der Waals surface area contributed by atoms with Gasteiger partial charge in [-0.3, -0.25) is 0 Å². The van der Waals surface area contributed by atoms with Gasteiger partial charge < -0.3 is 13.1 Å². The Morgan fingerprint density at radius 3 is 2.25 bits per heavy atom. The molecule has 1 aromatic carbocycles. The zero-order valence-corrected chi connectivity index (χ0v) is 7.11. The molecule has 0 radical (unpaired) electrons. The van der Waals surface area contributed by atoms with E-state index in [0.29, 0.717) is 0 Å². The molecule has 1 aromatic rings. The quantitative estimate of drug-likeness (QED) is 0.400. The van der Waals surface area contributed by atoms with E-state index in [2.05, 4.69) is 0 Å². The first-order valence-corrected chi connectivity index (χ1v) is 2.72. The van der Waals surface area contributed by atoms with Crippen molar-refractivity contribution in [3.8, 4) is 5.75 Å². The third-order valence-corrected chi connectivity index (χ3v) is 1.09. The second-order valence-electron chi connectivity index (χ2n) is 1.86. The molecule has 0 heterocycles. The number of benzene rings is 1. The maximum Gasteiger partial charge on any atom is 1.00 e. The second-order valence-corrected chi connectivity index (χ2v) is 1.86. The van der Waals surface area contributed by atoms with Gasteiger partial charge in [-0.05, 0) is 18.2 Å². The number of carboxylic acids is 1. The van der Waals surface area contributed by atoms with Crippen LogP contribution in [-0.4, -0.2) is 16.2 Å². The van der Waals surface area contributed by atoms with E-state index < -0.39 is 5.97 Å². The van der Waals surface area contributed by atoms with Gasteiger partial charge in [-0.2, -0.15) is 0 Å². The first-order chi connectivity index (χ1) is 4.70. The van der Waals surface area contributed by atoms with Gasteiger partial charge in [0.1, 0.15) is 5.75 Å². The molecule has 0 bridgehead atoms. The minimum atomic E-state index is -1.03. The molecule has 0 aliphatic rings. The third-order valence-electron chi connectivity index (χ3n) is 1.09. The zero-order chi connectivity index (χ0) is 7.56. The first-order valence-electron chi connectivity index (χ1n) is 2.72.